The molecular formula is C10H6N4. The first-order chi connectivity index (χ1) is 6.95. The molecule has 0 unspecified atom stereocenters. The molecule has 0 aliphatic carbocycles. The van der Waals surface area contributed by atoms with Gasteiger partial charge in [0.05, 0.1) is 22.7 Å². The topological polar surface area (TPSA) is 51.6 Å². The van der Waals surface area contributed by atoms with Crippen molar-refractivity contribution in [3.63, 3.8) is 0 Å². The molecule has 0 aliphatic heterocycles. The van der Waals surface area contributed by atoms with E-state index in [-0.39, 0.29) is 0 Å². The molecule has 0 aliphatic rings. The van der Waals surface area contributed by atoms with E-state index in [1.54, 1.807) is 18.6 Å². The predicted molar refractivity (Wildman–Crippen MR) is 52.6 cm³/mol. The lowest BCUT2D eigenvalue weighted by Crippen LogP contribution is -1.87. The Morgan fingerprint density at radius 1 is 0.786 bits per heavy atom. The van der Waals surface area contributed by atoms with Crippen LogP contribution in [0.15, 0.2) is 36.8 Å². The SMILES string of the molecule is c1cc2c(ccc3nccnc32)nn1. The van der Waals surface area contributed by atoms with Gasteiger partial charge in [-0.3, -0.25) is 9.97 Å². The number of fused-ring (bicyclic) bond motifs is 3. The normalized spacial score (nSPS) is 10.9. The van der Waals surface area contributed by atoms with Crippen LogP contribution in [0.4, 0.5) is 0 Å². The molecule has 0 atom stereocenters. The van der Waals surface area contributed by atoms with E-state index in [2.05, 4.69) is 20.2 Å². The largest absolute Gasteiger partial charge is 0.253 e. The van der Waals surface area contributed by atoms with E-state index in [9.17, 15) is 0 Å². The van der Waals surface area contributed by atoms with Gasteiger partial charge in [0.2, 0.25) is 0 Å². The van der Waals surface area contributed by atoms with Gasteiger partial charge in [-0.05, 0) is 18.2 Å². The van der Waals surface area contributed by atoms with Crippen molar-refractivity contribution >= 4 is 21.9 Å². The monoisotopic (exact) mass is 182 g/mol. The second-order valence-corrected chi connectivity index (χ2v) is 2.95. The Morgan fingerprint density at radius 3 is 2.64 bits per heavy atom. The number of hydrogen-bond donors (Lipinski definition) is 0. The Morgan fingerprint density at radius 2 is 1.64 bits per heavy atom. The fourth-order valence-corrected chi connectivity index (χ4v) is 1.50. The van der Waals surface area contributed by atoms with Crippen molar-refractivity contribution in [3.8, 4) is 0 Å². The van der Waals surface area contributed by atoms with E-state index >= 15 is 0 Å². The van der Waals surface area contributed by atoms with Gasteiger partial charge in [-0.2, -0.15) is 10.2 Å². The third kappa shape index (κ3) is 0.939. The molecule has 0 spiro atoms. The molecule has 0 bridgehead atoms. The Hall–Kier alpha value is -2.10. The van der Waals surface area contributed by atoms with Crippen LogP contribution in [0.2, 0.25) is 0 Å². The summed E-state index contributed by atoms with van der Waals surface area (Å²) in [5, 5.41) is 8.83. The summed E-state index contributed by atoms with van der Waals surface area (Å²) < 4.78 is 0. The van der Waals surface area contributed by atoms with Gasteiger partial charge in [0.25, 0.3) is 0 Å². The molecule has 3 rings (SSSR count). The van der Waals surface area contributed by atoms with Crippen molar-refractivity contribution in [1.82, 2.24) is 20.2 Å². The molecule has 0 saturated carbocycles. The maximum atomic E-state index is 4.28. The van der Waals surface area contributed by atoms with Crippen LogP contribution < -0.4 is 0 Å². The third-order valence-corrected chi connectivity index (χ3v) is 2.13. The van der Waals surface area contributed by atoms with E-state index in [1.807, 2.05) is 18.2 Å². The highest BCUT2D eigenvalue weighted by Gasteiger charge is 2.01. The molecular weight excluding hydrogens is 176 g/mol. The Bertz CT molecular complexity index is 551. The quantitative estimate of drug-likeness (QED) is 0.495. The van der Waals surface area contributed by atoms with Gasteiger partial charge in [0.15, 0.2) is 0 Å². The van der Waals surface area contributed by atoms with Gasteiger partial charge in [0.1, 0.15) is 0 Å². The third-order valence-electron chi connectivity index (χ3n) is 2.13. The zero-order chi connectivity index (χ0) is 9.38. The van der Waals surface area contributed by atoms with Crippen LogP contribution in [0.25, 0.3) is 21.9 Å². The average molecular weight is 182 g/mol. The average Bonchev–Trinajstić information content (AvgIpc) is 2.29. The molecule has 0 fully saturated rings. The lowest BCUT2D eigenvalue weighted by atomic mass is 10.2. The van der Waals surface area contributed by atoms with Gasteiger partial charge in [-0.25, -0.2) is 0 Å². The molecule has 66 valence electrons. The standard InChI is InChI=1S/C10H6N4/c1-2-9-10(12-6-5-11-9)7-3-4-13-14-8(1)7/h1-6H. The predicted octanol–water partition coefficient (Wildman–Crippen LogP) is 1.57. The number of rotatable bonds is 0. The molecule has 1 aromatic carbocycles. The van der Waals surface area contributed by atoms with Crippen molar-refractivity contribution in [2.45, 2.75) is 0 Å². The highest BCUT2D eigenvalue weighted by atomic mass is 15.1. The van der Waals surface area contributed by atoms with Crippen LogP contribution in [0.1, 0.15) is 0 Å². The summed E-state index contributed by atoms with van der Waals surface area (Å²) in [7, 11) is 0. The summed E-state index contributed by atoms with van der Waals surface area (Å²) in [5.74, 6) is 0. The maximum absolute atomic E-state index is 4.28. The molecule has 2 aromatic heterocycles. The van der Waals surface area contributed by atoms with E-state index < -0.39 is 0 Å². The maximum Gasteiger partial charge on any atom is 0.0981 e. The van der Waals surface area contributed by atoms with E-state index in [4.69, 9.17) is 0 Å². The zero-order valence-electron chi connectivity index (χ0n) is 7.25. The number of nitrogens with zero attached hydrogens (tertiary/aromatic N) is 4. The highest BCUT2D eigenvalue weighted by molar-refractivity contribution is 6.01. The Labute approximate surface area is 79.6 Å². The second kappa shape index (κ2) is 2.70. The van der Waals surface area contributed by atoms with Crippen molar-refractivity contribution in [2.75, 3.05) is 0 Å². The highest BCUT2D eigenvalue weighted by Crippen LogP contribution is 2.18. The van der Waals surface area contributed by atoms with Crippen LogP contribution in [0.3, 0.4) is 0 Å². The van der Waals surface area contributed by atoms with Crippen LogP contribution in [-0.2, 0) is 0 Å². The summed E-state index contributed by atoms with van der Waals surface area (Å²) >= 11 is 0. The second-order valence-electron chi connectivity index (χ2n) is 2.95. The van der Waals surface area contributed by atoms with E-state index in [0.717, 1.165) is 21.9 Å². The summed E-state index contributed by atoms with van der Waals surface area (Å²) in [5.41, 5.74) is 2.61. The molecule has 3 aromatic rings. The lowest BCUT2D eigenvalue weighted by Gasteiger charge is -1.98. The first-order valence-electron chi connectivity index (χ1n) is 4.26. The van der Waals surface area contributed by atoms with Crippen LogP contribution >= 0.6 is 0 Å². The van der Waals surface area contributed by atoms with Crippen molar-refractivity contribution in [1.29, 1.82) is 0 Å². The Kier molecular flexibility index (Phi) is 1.41. The Balaban J connectivity index is 2.61. The van der Waals surface area contributed by atoms with Gasteiger partial charge in [-0.1, -0.05) is 0 Å². The van der Waals surface area contributed by atoms with E-state index in [0.29, 0.717) is 0 Å². The molecule has 2 heterocycles. The summed E-state index contributed by atoms with van der Waals surface area (Å²) in [6.07, 6.45) is 5.03. The molecule has 0 N–H and O–H groups in total. The molecule has 4 nitrogen and oxygen atoms in total. The molecule has 0 amide bonds. The van der Waals surface area contributed by atoms with Crippen molar-refractivity contribution < 1.29 is 0 Å². The minimum absolute atomic E-state index is 0.848. The molecule has 4 heteroatoms. The summed E-state index contributed by atoms with van der Waals surface area (Å²) in [4.78, 5) is 8.50. The zero-order valence-corrected chi connectivity index (χ0v) is 7.25. The smallest absolute Gasteiger partial charge is 0.0981 e. The van der Waals surface area contributed by atoms with Crippen LogP contribution in [0, 0.1) is 0 Å². The first kappa shape index (κ1) is 7.32. The lowest BCUT2D eigenvalue weighted by molar-refractivity contribution is 1.08. The fraction of sp³-hybridized carbons (Fsp3) is 0. The summed E-state index contributed by atoms with van der Waals surface area (Å²) in [6, 6.07) is 5.71. The number of hydrogen-bond acceptors (Lipinski definition) is 4. The minimum Gasteiger partial charge on any atom is -0.253 e. The van der Waals surface area contributed by atoms with Gasteiger partial charge >= 0.3 is 0 Å². The van der Waals surface area contributed by atoms with Gasteiger partial charge in [0, 0.05) is 17.8 Å². The first-order valence-corrected chi connectivity index (χ1v) is 4.26. The minimum atomic E-state index is 0.848. The molecule has 14 heavy (non-hydrogen) atoms. The number of benzene rings is 1. The van der Waals surface area contributed by atoms with Crippen LogP contribution in [-0.4, -0.2) is 20.2 Å². The number of aromatic nitrogens is 4. The molecule has 0 saturated heterocycles. The van der Waals surface area contributed by atoms with Gasteiger partial charge < -0.3 is 0 Å². The van der Waals surface area contributed by atoms with Crippen molar-refractivity contribution in [2.24, 2.45) is 0 Å². The molecule has 0 radical (unpaired) electrons. The van der Waals surface area contributed by atoms with Gasteiger partial charge in [-0.15, -0.1) is 0 Å². The van der Waals surface area contributed by atoms with E-state index in [1.165, 1.54) is 0 Å². The van der Waals surface area contributed by atoms with Crippen LogP contribution in [0.5, 0.6) is 0 Å². The fourth-order valence-electron chi connectivity index (χ4n) is 1.50. The summed E-state index contributed by atoms with van der Waals surface area (Å²) in [6.45, 7) is 0. The van der Waals surface area contributed by atoms with Crippen molar-refractivity contribution in [3.05, 3.63) is 36.8 Å².